The van der Waals surface area contributed by atoms with Crippen LogP contribution < -0.4 is 5.32 Å². The molecule has 1 N–H and O–H groups in total. The van der Waals surface area contributed by atoms with E-state index in [1.807, 2.05) is 0 Å². The minimum Gasteiger partial charge on any atom is -0.350 e. The minimum atomic E-state index is -0.658. The van der Waals surface area contributed by atoms with Crippen molar-refractivity contribution in [2.75, 3.05) is 26.3 Å². The largest absolute Gasteiger partial charge is 0.350 e. The summed E-state index contributed by atoms with van der Waals surface area (Å²) in [5.41, 5.74) is 0.260. The number of rotatable bonds is 3. The molecule has 126 valence electrons. The molecule has 5 nitrogen and oxygen atoms in total. The van der Waals surface area contributed by atoms with Gasteiger partial charge in [-0.1, -0.05) is 6.07 Å². The normalized spacial score (nSPS) is 22.3. The van der Waals surface area contributed by atoms with Crippen LogP contribution in [0.4, 0.5) is 13.6 Å². The smallest absolute Gasteiger partial charge is 0.317 e. The van der Waals surface area contributed by atoms with E-state index >= 15 is 0 Å². The van der Waals surface area contributed by atoms with Crippen molar-refractivity contribution in [2.45, 2.75) is 25.7 Å². The molecule has 0 radical (unpaired) electrons. The monoisotopic (exact) mass is 326 g/mol. The lowest BCUT2D eigenvalue weighted by Crippen LogP contribution is -2.47. The molecule has 2 aliphatic rings. The Morgan fingerprint density at radius 1 is 1.30 bits per heavy atom. The van der Waals surface area contributed by atoms with Gasteiger partial charge in [0.1, 0.15) is 11.6 Å². The third kappa shape index (κ3) is 3.97. The second-order valence-corrected chi connectivity index (χ2v) is 5.85. The van der Waals surface area contributed by atoms with Crippen LogP contribution >= 0.6 is 0 Å². The zero-order valence-corrected chi connectivity index (χ0v) is 12.8. The number of halogens is 2. The third-order valence-corrected chi connectivity index (χ3v) is 4.22. The van der Waals surface area contributed by atoms with Gasteiger partial charge in [0, 0.05) is 37.2 Å². The van der Waals surface area contributed by atoms with Gasteiger partial charge in [-0.2, -0.15) is 0 Å². The number of benzene rings is 1. The SMILES string of the molecule is O=C(NCc1ccc(F)cc1F)N1CCCC(C2OCCO2)C1. The van der Waals surface area contributed by atoms with Gasteiger partial charge in [0.25, 0.3) is 0 Å². The summed E-state index contributed by atoms with van der Waals surface area (Å²) in [5.74, 6) is -1.12. The third-order valence-electron chi connectivity index (χ3n) is 4.22. The molecule has 2 saturated heterocycles. The van der Waals surface area contributed by atoms with Crippen molar-refractivity contribution in [3.05, 3.63) is 35.4 Å². The standard InChI is InChI=1S/C16H20F2N2O3/c17-13-4-3-11(14(18)8-13)9-19-16(21)20-5-1-2-12(10-20)15-22-6-7-23-15/h3-4,8,12,15H,1-2,5-7,9-10H2,(H,19,21). The maximum absolute atomic E-state index is 13.6. The first-order valence-electron chi connectivity index (χ1n) is 7.83. The molecule has 0 bridgehead atoms. The average molecular weight is 326 g/mol. The Hall–Kier alpha value is -1.73. The van der Waals surface area contributed by atoms with Gasteiger partial charge in [0.05, 0.1) is 13.2 Å². The Morgan fingerprint density at radius 2 is 2.09 bits per heavy atom. The van der Waals surface area contributed by atoms with Gasteiger partial charge in [-0.15, -0.1) is 0 Å². The van der Waals surface area contributed by atoms with Crippen molar-refractivity contribution < 1.29 is 23.0 Å². The lowest BCUT2D eigenvalue weighted by molar-refractivity contribution is -0.0963. The fourth-order valence-corrected chi connectivity index (χ4v) is 3.01. The van der Waals surface area contributed by atoms with E-state index in [9.17, 15) is 13.6 Å². The van der Waals surface area contributed by atoms with Gasteiger partial charge in [0.2, 0.25) is 0 Å². The average Bonchev–Trinajstić information content (AvgIpc) is 3.08. The van der Waals surface area contributed by atoms with Crippen molar-refractivity contribution >= 4 is 6.03 Å². The van der Waals surface area contributed by atoms with E-state index < -0.39 is 11.6 Å². The Balaban J connectivity index is 1.53. The zero-order valence-electron chi connectivity index (χ0n) is 12.8. The summed E-state index contributed by atoms with van der Waals surface area (Å²) in [5, 5.41) is 2.68. The number of amides is 2. The Morgan fingerprint density at radius 3 is 2.83 bits per heavy atom. The summed E-state index contributed by atoms with van der Waals surface area (Å²) >= 11 is 0. The molecule has 1 aromatic carbocycles. The highest BCUT2D eigenvalue weighted by molar-refractivity contribution is 5.74. The summed E-state index contributed by atoms with van der Waals surface area (Å²) in [6.45, 7) is 2.43. The van der Waals surface area contributed by atoms with Crippen LogP contribution in [0.5, 0.6) is 0 Å². The van der Waals surface area contributed by atoms with Gasteiger partial charge >= 0.3 is 6.03 Å². The van der Waals surface area contributed by atoms with Gasteiger partial charge in [-0.3, -0.25) is 0 Å². The number of nitrogens with zero attached hydrogens (tertiary/aromatic N) is 1. The minimum absolute atomic E-state index is 0.0303. The van der Waals surface area contributed by atoms with Crippen LogP contribution in [0.2, 0.25) is 0 Å². The number of nitrogens with one attached hydrogen (secondary N) is 1. The molecule has 1 aromatic rings. The first kappa shape index (κ1) is 16.1. The van der Waals surface area contributed by atoms with Crippen LogP contribution in [0, 0.1) is 17.6 Å². The van der Waals surface area contributed by atoms with Crippen molar-refractivity contribution in [3.63, 3.8) is 0 Å². The molecule has 1 unspecified atom stereocenters. The number of carbonyl (C=O) groups is 1. The van der Waals surface area contributed by atoms with Gasteiger partial charge in [-0.25, -0.2) is 13.6 Å². The highest BCUT2D eigenvalue weighted by Crippen LogP contribution is 2.24. The number of hydrogen-bond donors (Lipinski definition) is 1. The van der Waals surface area contributed by atoms with Crippen LogP contribution in [-0.2, 0) is 16.0 Å². The van der Waals surface area contributed by atoms with E-state index in [2.05, 4.69) is 5.32 Å². The number of carbonyl (C=O) groups excluding carboxylic acids is 1. The molecule has 23 heavy (non-hydrogen) atoms. The highest BCUT2D eigenvalue weighted by Gasteiger charge is 2.32. The number of urea groups is 1. The molecule has 0 aromatic heterocycles. The van der Waals surface area contributed by atoms with E-state index in [-0.39, 0.29) is 30.3 Å². The molecule has 7 heteroatoms. The van der Waals surface area contributed by atoms with Crippen LogP contribution in [0.15, 0.2) is 18.2 Å². The van der Waals surface area contributed by atoms with Crippen molar-refractivity contribution in [3.8, 4) is 0 Å². The predicted octanol–water partition coefficient (Wildman–Crippen LogP) is 2.26. The van der Waals surface area contributed by atoms with E-state index in [4.69, 9.17) is 9.47 Å². The predicted molar refractivity (Wildman–Crippen MR) is 78.6 cm³/mol. The quantitative estimate of drug-likeness (QED) is 0.927. The van der Waals surface area contributed by atoms with Crippen LogP contribution in [-0.4, -0.2) is 43.5 Å². The number of hydrogen-bond acceptors (Lipinski definition) is 3. The molecule has 3 rings (SSSR count). The molecular formula is C16H20F2N2O3. The Kier molecular flexibility index (Phi) is 5.07. The number of likely N-dealkylation sites (tertiary alicyclic amines) is 1. The summed E-state index contributed by atoms with van der Waals surface area (Å²) in [6, 6.07) is 3.07. The Labute approximate surface area is 133 Å². The summed E-state index contributed by atoms with van der Waals surface area (Å²) < 4.78 is 37.5. The van der Waals surface area contributed by atoms with Crippen LogP contribution in [0.25, 0.3) is 0 Å². The highest BCUT2D eigenvalue weighted by atomic mass is 19.1. The number of ether oxygens (including phenoxy) is 2. The molecule has 2 aliphatic heterocycles. The molecule has 1 atom stereocenters. The zero-order chi connectivity index (χ0) is 16.2. The second-order valence-electron chi connectivity index (χ2n) is 5.85. The van der Waals surface area contributed by atoms with Crippen molar-refractivity contribution in [2.24, 2.45) is 5.92 Å². The molecule has 2 heterocycles. The van der Waals surface area contributed by atoms with Crippen molar-refractivity contribution in [1.82, 2.24) is 10.2 Å². The molecule has 0 saturated carbocycles. The van der Waals surface area contributed by atoms with Crippen LogP contribution in [0.3, 0.4) is 0 Å². The van der Waals surface area contributed by atoms with E-state index in [0.29, 0.717) is 26.3 Å². The van der Waals surface area contributed by atoms with E-state index in [0.717, 1.165) is 18.9 Å². The first-order valence-corrected chi connectivity index (χ1v) is 7.83. The summed E-state index contributed by atoms with van der Waals surface area (Å²) in [4.78, 5) is 13.9. The fourth-order valence-electron chi connectivity index (χ4n) is 3.01. The van der Waals surface area contributed by atoms with E-state index in [1.165, 1.54) is 12.1 Å². The summed E-state index contributed by atoms with van der Waals surface area (Å²) in [7, 11) is 0. The lowest BCUT2D eigenvalue weighted by Gasteiger charge is -2.34. The second kappa shape index (κ2) is 7.23. The van der Waals surface area contributed by atoms with E-state index in [1.54, 1.807) is 4.90 Å². The van der Waals surface area contributed by atoms with Crippen molar-refractivity contribution in [1.29, 1.82) is 0 Å². The maximum atomic E-state index is 13.6. The van der Waals surface area contributed by atoms with Gasteiger partial charge in [-0.05, 0) is 18.9 Å². The lowest BCUT2D eigenvalue weighted by atomic mass is 9.98. The molecular weight excluding hydrogens is 306 g/mol. The topological polar surface area (TPSA) is 50.8 Å². The van der Waals surface area contributed by atoms with Crippen LogP contribution in [0.1, 0.15) is 18.4 Å². The van der Waals surface area contributed by atoms with Gasteiger partial charge in [0.15, 0.2) is 6.29 Å². The fraction of sp³-hybridized carbons (Fsp3) is 0.562. The maximum Gasteiger partial charge on any atom is 0.317 e. The van der Waals surface area contributed by atoms with Gasteiger partial charge < -0.3 is 19.7 Å². The summed E-state index contributed by atoms with van der Waals surface area (Å²) in [6.07, 6.45) is 1.60. The molecule has 0 aliphatic carbocycles. The molecule has 2 amide bonds. The Bertz CT molecular complexity index is 564. The molecule has 2 fully saturated rings. The number of piperidine rings is 1. The molecule has 0 spiro atoms. The first-order chi connectivity index (χ1) is 11.1.